The lowest BCUT2D eigenvalue weighted by molar-refractivity contribution is -0.132. The number of carbonyl (C=O) groups is 1. The summed E-state index contributed by atoms with van der Waals surface area (Å²) in [4.78, 5) is 16.4. The largest absolute Gasteiger partial charge is 0.371 e. The second kappa shape index (κ2) is 12.1. The fraction of sp³-hybridized carbons (Fsp3) is 0.964. The number of hydrogen-bond donors (Lipinski definition) is 5. The summed E-state index contributed by atoms with van der Waals surface area (Å²) in [5.74, 6) is 0.236. The van der Waals surface area contributed by atoms with Gasteiger partial charge in [-0.1, -0.05) is 26.2 Å². The number of rotatable bonds is 8. The Labute approximate surface area is 222 Å². The van der Waals surface area contributed by atoms with Crippen LogP contribution >= 0.6 is 0 Å². The summed E-state index contributed by atoms with van der Waals surface area (Å²) in [5.41, 5.74) is 12.7. The summed E-state index contributed by atoms with van der Waals surface area (Å²) in [7, 11) is 0. The first-order chi connectivity index (χ1) is 17.9. The zero-order chi connectivity index (χ0) is 26.0. The Morgan fingerprint density at radius 2 is 1.97 bits per heavy atom. The minimum absolute atomic E-state index is 0.0213. The molecule has 9 unspecified atom stereocenters. The molecule has 212 valence electrons. The van der Waals surface area contributed by atoms with Crippen LogP contribution in [0.2, 0.25) is 0 Å². The predicted molar refractivity (Wildman–Crippen MR) is 143 cm³/mol. The number of ether oxygens (including phenoxy) is 1. The fourth-order valence-corrected chi connectivity index (χ4v) is 8.28. The van der Waals surface area contributed by atoms with Gasteiger partial charge in [-0.2, -0.15) is 0 Å². The van der Waals surface area contributed by atoms with Crippen LogP contribution in [-0.4, -0.2) is 86.7 Å². The first kappa shape index (κ1) is 27.7. The summed E-state index contributed by atoms with van der Waals surface area (Å²) in [6.45, 7) is 7.38. The Kier molecular flexibility index (Phi) is 9.09. The molecular weight excluding hydrogens is 471 g/mol. The molecule has 1 aliphatic carbocycles. The number of hydrogen-bond acceptors (Lipinski definition) is 7. The van der Waals surface area contributed by atoms with Crippen molar-refractivity contribution in [3.8, 4) is 0 Å². The quantitative estimate of drug-likeness (QED) is 0.307. The zero-order valence-electron chi connectivity index (χ0n) is 22.8. The molecule has 1 spiro atoms. The molecule has 5 fully saturated rings. The molecule has 5 rings (SSSR count). The molecule has 1 saturated carbocycles. The van der Waals surface area contributed by atoms with E-state index in [1.165, 1.54) is 25.8 Å². The first-order valence-corrected chi connectivity index (χ1v) is 15.1. The molecule has 0 radical (unpaired) electrons. The predicted octanol–water partition coefficient (Wildman–Crippen LogP) is 1.48. The number of carbonyl (C=O) groups excluding carboxylic acids is 1. The Hall–Kier alpha value is -0.840. The highest BCUT2D eigenvalue weighted by atomic mass is 19.1. The molecular formula is C28H51FN6O2. The van der Waals surface area contributed by atoms with Gasteiger partial charge < -0.3 is 37.1 Å². The monoisotopic (exact) mass is 522 g/mol. The molecule has 0 aromatic carbocycles. The molecule has 4 aliphatic heterocycles. The third-order valence-corrected chi connectivity index (χ3v) is 10.3. The molecule has 8 nitrogen and oxygen atoms in total. The van der Waals surface area contributed by atoms with Crippen LogP contribution in [0, 0.1) is 23.2 Å². The lowest BCUT2D eigenvalue weighted by Crippen LogP contribution is -2.64. The third kappa shape index (κ3) is 6.33. The Morgan fingerprint density at radius 1 is 1.16 bits per heavy atom. The number of nitrogens with one attached hydrogen (secondary N) is 3. The lowest BCUT2D eigenvalue weighted by atomic mass is 9.72. The average Bonchev–Trinajstić information content (AvgIpc) is 3.60. The molecule has 2 bridgehead atoms. The van der Waals surface area contributed by atoms with Gasteiger partial charge in [-0.25, -0.2) is 4.39 Å². The van der Waals surface area contributed by atoms with Crippen molar-refractivity contribution in [2.75, 3.05) is 39.3 Å². The van der Waals surface area contributed by atoms with E-state index in [0.29, 0.717) is 24.8 Å². The van der Waals surface area contributed by atoms with Gasteiger partial charge >= 0.3 is 0 Å². The maximum Gasteiger partial charge on any atom is 0.227 e. The van der Waals surface area contributed by atoms with Gasteiger partial charge in [0.25, 0.3) is 0 Å². The highest BCUT2D eigenvalue weighted by Crippen LogP contribution is 2.47. The summed E-state index contributed by atoms with van der Waals surface area (Å²) < 4.78 is 21.5. The maximum absolute atomic E-state index is 14.6. The number of halogens is 1. The van der Waals surface area contributed by atoms with Crippen molar-refractivity contribution in [2.45, 2.75) is 108 Å². The average molecular weight is 523 g/mol. The van der Waals surface area contributed by atoms with Gasteiger partial charge in [0, 0.05) is 44.7 Å². The number of fused-ring (bicyclic) bond motifs is 2. The van der Waals surface area contributed by atoms with Gasteiger partial charge in [-0.15, -0.1) is 0 Å². The van der Waals surface area contributed by atoms with Crippen LogP contribution in [0.4, 0.5) is 4.39 Å². The van der Waals surface area contributed by atoms with Gasteiger partial charge in [-0.05, 0) is 62.8 Å². The molecule has 0 aromatic rings. The van der Waals surface area contributed by atoms with Gasteiger partial charge in [0.2, 0.25) is 5.91 Å². The van der Waals surface area contributed by atoms with Crippen LogP contribution in [-0.2, 0) is 9.53 Å². The van der Waals surface area contributed by atoms with E-state index < -0.39 is 18.3 Å². The normalized spacial score (nSPS) is 40.6. The van der Waals surface area contributed by atoms with Crippen molar-refractivity contribution >= 4 is 5.91 Å². The number of nitrogens with zero attached hydrogens (tertiary/aromatic N) is 1. The Bertz CT molecular complexity index is 763. The van der Waals surface area contributed by atoms with Gasteiger partial charge in [0.1, 0.15) is 6.17 Å². The van der Waals surface area contributed by atoms with E-state index in [1.807, 2.05) is 0 Å². The van der Waals surface area contributed by atoms with E-state index in [-0.39, 0.29) is 42.2 Å². The number of piperidine rings is 2. The first-order valence-electron chi connectivity index (χ1n) is 15.1. The van der Waals surface area contributed by atoms with Crippen LogP contribution in [0.15, 0.2) is 0 Å². The highest BCUT2D eigenvalue weighted by molar-refractivity contribution is 5.80. The van der Waals surface area contributed by atoms with E-state index in [4.69, 9.17) is 16.2 Å². The second-order valence-corrected chi connectivity index (χ2v) is 12.9. The lowest BCUT2D eigenvalue weighted by Gasteiger charge is -2.43. The highest BCUT2D eigenvalue weighted by Gasteiger charge is 2.46. The van der Waals surface area contributed by atoms with Crippen molar-refractivity contribution in [2.24, 2.45) is 34.6 Å². The van der Waals surface area contributed by atoms with Crippen molar-refractivity contribution in [1.29, 1.82) is 0 Å². The fourth-order valence-electron chi connectivity index (χ4n) is 8.28. The van der Waals surface area contributed by atoms with Crippen molar-refractivity contribution < 1.29 is 13.9 Å². The topological polar surface area (TPSA) is 118 Å². The molecule has 9 atom stereocenters. The number of nitrogens with two attached hydrogens (primary N) is 2. The van der Waals surface area contributed by atoms with Crippen LogP contribution in [0.25, 0.3) is 0 Å². The van der Waals surface area contributed by atoms with Gasteiger partial charge in [-0.3, -0.25) is 4.79 Å². The second-order valence-electron chi connectivity index (χ2n) is 12.9. The van der Waals surface area contributed by atoms with E-state index in [0.717, 1.165) is 58.2 Å². The van der Waals surface area contributed by atoms with E-state index >= 15 is 0 Å². The summed E-state index contributed by atoms with van der Waals surface area (Å²) in [6, 6.07) is -0.353. The van der Waals surface area contributed by atoms with E-state index in [2.05, 4.69) is 27.8 Å². The van der Waals surface area contributed by atoms with E-state index in [9.17, 15) is 9.18 Å². The number of alkyl halides is 1. The van der Waals surface area contributed by atoms with E-state index in [1.54, 1.807) is 0 Å². The molecule has 7 N–H and O–H groups in total. The molecule has 37 heavy (non-hydrogen) atoms. The molecule has 9 heteroatoms. The summed E-state index contributed by atoms with van der Waals surface area (Å²) in [5, 5.41) is 10.3. The molecule has 0 aromatic heterocycles. The van der Waals surface area contributed by atoms with Crippen LogP contribution in [0.3, 0.4) is 0 Å². The minimum Gasteiger partial charge on any atom is -0.371 e. The van der Waals surface area contributed by atoms with Crippen molar-refractivity contribution in [3.05, 3.63) is 0 Å². The smallest absolute Gasteiger partial charge is 0.227 e. The summed E-state index contributed by atoms with van der Waals surface area (Å²) in [6.07, 6.45) is 8.77. The van der Waals surface area contributed by atoms with Crippen LogP contribution in [0.5, 0.6) is 0 Å². The maximum atomic E-state index is 14.6. The van der Waals surface area contributed by atoms with Crippen molar-refractivity contribution in [3.63, 3.8) is 0 Å². The Morgan fingerprint density at radius 3 is 2.65 bits per heavy atom. The SMILES string of the molecule is CCCC1CNCC(NC(=O)C(C(N)N)C2CC3(CCCC3)CCC(F)CN2)C1OC1CN2CCC1C2. The van der Waals surface area contributed by atoms with Gasteiger partial charge in [0.05, 0.1) is 30.3 Å². The standard InChI is InChI=1S/C28H51FN6O2/c1-2-5-18-13-32-15-22(25(18)37-23-17-35-11-7-19(23)16-35)34-27(36)24(26(30)31)21-12-28(8-3-4-9-28)10-6-20(29)14-33-21/h18-26,32-33H,2-17,30-31H2,1H3,(H,34,36). The molecule has 1 amide bonds. The van der Waals surface area contributed by atoms with Crippen LogP contribution < -0.4 is 27.4 Å². The molecule has 5 aliphatic rings. The van der Waals surface area contributed by atoms with Gasteiger partial charge in [0.15, 0.2) is 0 Å². The minimum atomic E-state index is -0.898. The third-order valence-electron chi connectivity index (χ3n) is 10.3. The zero-order valence-corrected chi connectivity index (χ0v) is 22.8. The summed E-state index contributed by atoms with van der Waals surface area (Å²) >= 11 is 0. The van der Waals surface area contributed by atoms with Crippen molar-refractivity contribution in [1.82, 2.24) is 20.9 Å². The Balaban J connectivity index is 1.30. The number of amides is 1. The van der Waals surface area contributed by atoms with Crippen LogP contribution in [0.1, 0.15) is 71.1 Å². The molecule has 4 saturated heterocycles. The molecule has 4 heterocycles.